The maximum atomic E-state index is 11.7. The van der Waals surface area contributed by atoms with Crippen LogP contribution in [0.1, 0.15) is 17.4 Å². The van der Waals surface area contributed by atoms with E-state index in [1.165, 1.54) is 11.3 Å². The topological polar surface area (TPSA) is 54.0 Å². The highest BCUT2D eigenvalue weighted by atomic mass is 79.9. The summed E-state index contributed by atoms with van der Waals surface area (Å²) >= 11 is 4.71. The molecule has 0 aliphatic carbocycles. The van der Waals surface area contributed by atoms with Gasteiger partial charge in [0.05, 0.1) is 11.0 Å². The summed E-state index contributed by atoms with van der Waals surface area (Å²) in [5, 5.41) is 6.07. The van der Waals surface area contributed by atoms with Gasteiger partial charge in [0.25, 0.3) is 5.91 Å². The SMILES string of the molecule is CC1(NC(=O)c2ncsc2Br)CNC1. The monoisotopic (exact) mass is 275 g/mol. The highest BCUT2D eigenvalue weighted by Gasteiger charge is 2.34. The fraction of sp³-hybridized carbons (Fsp3) is 0.500. The van der Waals surface area contributed by atoms with Crippen LogP contribution in [0.2, 0.25) is 0 Å². The number of nitrogens with one attached hydrogen (secondary N) is 2. The van der Waals surface area contributed by atoms with Crippen LogP contribution in [-0.2, 0) is 0 Å². The Morgan fingerprint density at radius 2 is 2.50 bits per heavy atom. The molecule has 0 radical (unpaired) electrons. The second-order valence-electron chi connectivity index (χ2n) is 3.59. The fourth-order valence-electron chi connectivity index (χ4n) is 1.30. The molecule has 0 bridgehead atoms. The Bertz CT molecular complexity index is 361. The van der Waals surface area contributed by atoms with E-state index in [2.05, 4.69) is 31.5 Å². The van der Waals surface area contributed by atoms with Gasteiger partial charge in [0.1, 0.15) is 3.79 Å². The highest BCUT2D eigenvalue weighted by Crippen LogP contribution is 2.21. The van der Waals surface area contributed by atoms with Gasteiger partial charge in [-0.2, -0.15) is 0 Å². The molecule has 1 aliphatic rings. The lowest BCUT2D eigenvalue weighted by Crippen LogP contribution is -2.67. The van der Waals surface area contributed by atoms with Crippen molar-refractivity contribution in [2.75, 3.05) is 13.1 Å². The molecular weight excluding hydrogens is 266 g/mol. The molecule has 1 fully saturated rings. The number of amides is 1. The molecule has 0 spiro atoms. The van der Waals surface area contributed by atoms with Gasteiger partial charge >= 0.3 is 0 Å². The Hall–Kier alpha value is -0.460. The first-order chi connectivity index (χ1) is 6.61. The Labute approximate surface area is 94.2 Å². The number of hydrogen-bond donors (Lipinski definition) is 2. The van der Waals surface area contributed by atoms with Crippen molar-refractivity contribution < 1.29 is 4.79 Å². The van der Waals surface area contributed by atoms with Crippen LogP contribution in [0.15, 0.2) is 9.30 Å². The van der Waals surface area contributed by atoms with Gasteiger partial charge in [0, 0.05) is 13.1 Å². The van der Waals surface area contributed by atoms with Crippen molar-refractivity contribution in [3.05, 3.63) is 15.0 Å². The van der Waals surface area contributed by atoms with E-state index in [-0.39, 0.29) is 11.4 Å². The van der Waals surface area contributed by atoms with E-state index < -0.39 is 0 Å². The Kier molecular flexibility index (Phi) is 2.59. The smallest absolute Gasteiger partial charge is 0.272 e. The summed E-state index contributed by atoms with van der Waals surface area (Å²) in [4.78, 5) is 15.7. The van der Waals surface area contributed by atoms with E-state index in [0.29, 0.717) is 5.69 Å². The van der Waals surface area contributed by atoms with Crippen LogP contribution >= 0.6 is 27.3 Å². The molecule has 0 saturated carbocycles. The predicted octanol–water partition coefficient (Wildman–Crippen LogP) is 0.997. The molecule has 0 atom stereocenters. The maximum absolute atomic E-state index is 11.7. The van der Waals surface area contributed by atoms with Gasteiger partial charge in [-0.25, -0.2) is 4.98 Å². The van der Waals surface area contributed by atoms with Crippen LogP contribution in [0.25, 0.3) is 0 Å². The zero-order valence-electron chi connectivity index (χ0n) is 7.63. The maximum Gasteiger partial charge on any atom is 0.272 e. The number of aromatic nitrogens is 1. The van der Waals surface area contributed by atoms with Gasteiger partial charge in [-0.05, 0) is 22.9 Å². The first-order valence-corrected chi connectivity index (χ1v) is 5.90. The summed E-state index contributed by atoms with van der Waals surface area (Å²) in [5.74, 6) is -0.109. The van der Waals surface area contributed by atoms with E-state index >= 15 is 0 Å². The van der Waals surface area contributed by atoms with Crippen molar-refractivity contribution in [3.8, 4) is 0 Å². The number of carbonyl (C=O) groups is 1. The minimum atomic E-state index is -0.111. The molecule has 2 heterocycles. The number of carbonyl (C=O) groups excluding carboxylic acids is 1. The van der Waals surface area contributed by atoms with E-state index in [9.17, 15) is 4.79 Å². The molecule has 0 unspecified atom stereocenters. The first kappa shape index (κ1) is 10.1. The molecule has 1 aromatic heterocycles. The molecule has 1 amide bonds. The lowest BCUT2D eigenvalue weighted by Gasteiger charge is -2.39. The largest absolute Gasteiger partial charge is 0.343 e. The van der Waals surface area contributed by atoms with E-state index in [1.807, 2.05) is 6.92 Å². The summed E-state index contributed by atoms with van der Waals surface area (Å²) < 4.78 is 0.783. The number of thiazole rings is 1. The number of halogens is 1. The average Bonchev–Trinajstić information content (AvgIpc) is 2.48. The van der Waals surface area contributed by atoms with E-state index in [4.69, 9.17) is 0 Å². The number of rotatable bonds is 2. The predicted molar refractivity (Wildman–Crippen MR) is 58.6 cm³/mol. The number of hydrogen-bond acceptors (Lipinski definition) is 4. The fourth-order valence-corrected chi connectivity index (χ4v) is 2.34. The molecule has 2 rings (SSSR count). The normalized spacial score (nSPS) is 18.7. The summed E-state index contributed by atoms with van der Waals surface area (Å²) in [7, 11) is 0. The average molecular weight is 276 g/mol. The molecule has 2 N–H and O–H groups in total. The zero-order chi connectivity index (χ0) is 10.2. The van der Waals surface area contributed by atoms with Crippen LogP contribution in [-0.4, -0.2) is 29.5 Å². The van der Waals surface area contributed by atoms with Crippen molar-refractivity contribution in [2.45, 2.75) is 12.5 Å². The van der Waals surface area contributed by atoms with Gasteiger partial charge < -0.3 is 10.6 Å². The highest BCUT2D eigenvalue weighted by molar-refractivity contribution is 9.11. The van der Waals surface area contributed by atoms with Crippen LogP contribution in [0.5, 0.6) is 0 Å². The number of nitrogens with zero attached hydrogens (tertiary/aromatic N) is 1. The molecule has 6 heteroatoms. The molecule has 76 valence electrons. The lowest BCUT2D eigenvalue weighted by atomic mass is 9.95. The van der Waals surface area contributed by atoms with Crippen molar-refractivity contribution in [1.29, 1.82) is 0 Å². The van der Waals surface area contributed by atoms with Crippen molar-refractivity contribution in [3.63, 3.8) is 0 Å². The van der Waals surface area contributed by atoms with Gasteiger partial charge in [-0.3, -0.25) is 4.79 Å². The van der Waals surface area contributed by atoms with Crippen molar-refractivity contribution >= 4 is 33.2 Å². The third kappa shape index (κ3) is 1.82. The lowest BCUT2D eigenvalue weighted by molar-refractivity contribution is 0.0867. The molecular formula is C8H10BrN3OS. The standard InChI is InChI=1S/C8H10BrN3OS/c1-8(2-10-3-8)12-7(13)5-6(9)14-4-11-5/h4,10H,2-3H2,1H3,(H,12,13). The molecule has 0 aromatic carbocycles. The minimum Gasteiger partial charge on any atom is -0.343 e. The van der Waals surface area contributed by atoms with E-state index in [0.717, 1.165) is 16.9 Å². The van der Waals surface area contributed by atoms with Crippen LogP contribution in [0.3, 0.4) is 0 Å². The quantitative estimate of drug-likeness (QED) is 0.847. The molecule has 1 saturated heterocycles. The third-order valence-electron chi connectivity index (χ3n) is 2.18. The van der Waals surface area contributed by atoms with Gasteiger partial charge in [0.15, 0.2) is 5.69 Å². The molecule has 4 nitrogen and oxygen atoms in total. The third-order valence-corrected chi connectivity index (χ3v) is 3.73. The van der Waals surface area contributed by atoms with Crippen molar-refractivity contribution in [1.82, 2.24) is 15.6 Å². The first-order valence-electron chi connectivity index (χ1n) is 4.23. The Balaban J connectivity index is 2.06. The second kappa shape index (κ2) is 3.60. The second-order valence-corrected chi connectivity index (χ2v) is 5.77. The summed E-state index contributed by atoms with van der Waals surface area (Å²) in [6.45, 7) is 3.66. The van der Waals surface area contributed by atoms with Gasteiger partial charge in [-0.1, -0.05) is 0 Å². The van der Waals surface area contributed by atoms with E-state index in [1.54, 1.807) is 5.51 Å². The Morgan fingerprint density at radius 1 is 1.79 bits per heavy atom. The zero-order valence-corrected chi connectivity index (χ0v) is 10.0. The van der Waals surface area contributed by atoms with Crippen molar-refractivity contribution in [2.24, 2.45) is 0 Å². The molecule has 14 heavy (non-hydrogen) atoms. The van der Waals surface area contributed by atoms with Crippen LogP contribution < -0.4 is 10.6 Å². The minimum absolute atomic E-state index is 0.109. The Morgan fingerprint density at radius 3 is 2.93 bits per heavy atom. The van der Waals surface area contributed by atoms with Gasteiger partial charge in [-0.15, -0.1) is 11.3 Å². The molecule has 1 aliphatic heterocycles. The van der Waals surface area contributed by atoms with Crippen LogP contribution in [0.4, 0.5) is 0 Å². The van der Waals surface area contributed by atoms with Gasteiger partial charge in [0.2, 0.25) is 0 Å². The van der Waals surface area contributed by atoms with Crippen LogP contribution in [0, 0.1) is 0 Å². The summed E-state index contributed by atoms with van der Waals surface area (Å²) in [6, 6.07) is 0. The summed E-state index contributed by atoms with van der Waals surface area (Å²) in [5.41, 5.74) is 2.02. The molecule has 1 aromatic rings. The summed E-state index contributed by atoms with van der Waals surface area (Å²) in [6.07, 6.45) is 0.